The number of methoxy groups -OCH3 is 2. The molecule has 0 amide bonds. The Morgan fingerprint density at radius 2 is 1.72 bits per heavy atom. The van der Waals surface area contributed by atoms with Crippen molar-refractivity contribution in [2.75, 3.05) is 19.5 Å². The Morgan fingerprint density at radius 3 is 2.22 bits per heavy atom. The van der Waals surface area contributed by atoms with Crippen molar-refractivity contribution < 1.29 is 19.1 Å². The maximum Gasteiger partial charge on any atom is 0.354 e. The number of carbonyl (C=O) groups is 2. The third kappa shape index (κ3) is 3.93. The van der Waals surface area contributed by atoms with Crippen LogP contribution in [0.5, 0.6) is 0 Å². The van der Waals surface area contributed by atoms with Crippen molar-refractivity contribution in [1.82, 2.24) is 0 Å². The molecule has 18 heavy (non-hydrogen) atoms. The van der Waals surface area contributed by atoms with E-state index in [9.17, 15) is 9.59 Å². The van der Waals surface area contributed by atoms with E-state index in [1.54, 1.807) is 12.1 Å². The molecule has 5 nitrogen and oxygen atoms in total. The van der Waals surface area contributed by atoms with Crippen LogP contribution in [0, 0.1) is 6.92 Å². The largest absolute Gasteiger partial charge is 0.466 e. The van der Waals surface area contributed by atoms with Gasteiger partial charge in [-0.3, -0.25) is 0 Å². The Balaban J connectivity index is 2.91. The van der Waals surface area contributed by atoms with Crippen LogP contribution in [0.2, 0.25) is 0 Å². The van der Waals surface area contributed by atoms with Gasteiger partial charge in [0.2, 0.25) is 0 Å². The maximum atomic E-state index is 11.5. The average molecular weight is 249 g/mol. The van der Waals surface area contributed by atoms with Gasteiger partial charge in [-0.25, -0.2) is 9.59 Å². The molecule has 0 bridgehead atoms. The predicted octanol–water partition coefficient (Wildman–Crippen LogP) is 1.64. The lowest BCUT2D eigenvalue weighted by Gasteiger charge is -2.09. The lowest BCUT2D eigenvalue weighted by Crippen LogP contribution is -2.15. The van der Waals surface area contributed by atoms with Gasteiger partial charge in [0.15, 0.2) is 0 Å². The molecule has 5 heteroatoms. The predicted molar refractivity (Wildman–Crippen MR) is 66.9 cm³/mol. The van der Waals surface area contributed by atoms with E-state index in [0.29, 0.717) is 5.69 Å². The molecule has 0 aliphatic carbocycles. The quantitative estimate of drug-likeness (QED) is 0.649. The zero-order valence-electron chi connectivity index (χ0n) is 10.5. The molecule has 1 aromatic carbocycles. The summed E-state index contributed by atoms with van der Waals surface area (Å²) in [4.78, 5) is 22.6. The first-order valence-electron chi connectivity index (χ1n) is 5.28. The molecule has 0 saturated carbocycles. The molecule has 0 spiro atoms. The third-order valence-electron chi connectivity index (χ3n) is 2.20. The van der Waals surface area contributed by atoms with Crippen LogP contribution in [-0.4, -0.2) is 26.2 Å². The Kier molecular flexibility index (Phi) is 4.92. The van der Waals surface area contributed by atoms with Crippen LogP contribution in [0.1, 0.15) is 5.56 Å². The molecule has 1 aromatic rings. The Bertz CT molecular complexity index is 462. The number of benzene rings is 1. The average Bonchev–Trinajstić information content (AvgIpc) is 2.39. The standard InChI is InChI=1S/C13H15NO4/c1-9-4-6-10(7-5-9)14-11(13(16)18-3)8-12(15)17-2/h4-8,14H,1-3H3. The molecule has 0 aliphatic rings. The van der Waals surface area contributed by atoms with Gasteiger partial charge in [0.25, 0.3) is 0 Å². The van der Waals surface area contributed by atoms with Crippen LogP contribution in [0.4, 0.5) is 5.69 Å². The molecule has 0 unspecified atom stereocenters. The van der Waals surface area contributed by atoms with Gasteiger partial charge in [0.05, 0.1) is 20.3 Å². The molecular formula is C13H15NO4. The summed E-state index contributed by atoms with van der Waals surface area (Å²) in [5.41, 5.74) is 1.80. The fourth-order valence-corrected chi connectivity index (χ4v) is 1.23. The molecule has 0 heterocycles. The summed E-state index contributed by atoms with van der Waals surface area (Å²) in [6.45, 7) is 1.95. The minimum absolute atomic E-state index is 0.0215. The monoisotopic (exact) mass is 249 g/mol. The van der Waals surface area contributed by atoms with Gasteiger partial charge in [-0.05, 0) is 19.1 Å². The number of nitrogens with one attached hydrogen (secondary N) is 1. The highest BCUT2D eigenvalue weighted by molar-refractivity contribution is 5.98. The SMILES string of the molecule is COC(=O)C=C(Nc1ccc(C)cc1)C(=O)OC. The topological polar surface area (TPSA) is 64.6 Å². The van der Waals surface area contributed by atoms with E-state index in [0.717, 1.165) is 11.6 Å². The number of rotatable bonds is 4. The van der Waals surface area contributed by atoms with Crippen LogP contribution in [0.25, 0.3) is 0 Å². The summed E-state index contributed by atoms with van der Waals surface area (Å²) in [5.74, 6) is -1.27. The van der Waals surface area contributed by atoms with Gasteiger partial charge in [0, 0.05) is 5.69 Å². The summed E-state index contributed by atoms with van der Waals surface area (Å²) in [7, 11) is 2.48. The number of ether oxygens (including phenoxy) is 2. The summed E-state index contributed by atoms with van der Waals surface area (Å²) in [6.07, 6.45) is 1.05. The summed E-state index contributed by atoms with van der Waals surface area (Å²) in [6, 6.07) is 7.36. The molecule has 0 radical (unpaired) electrons. The van der Waals surface area contributed by atoms with Crippen molar-refractivity contribution in [3.63, 3.8) is 0 Å². The number of aryl methyl sites for hydroxylation is 1. The van der Waals surface area contributed by atoms with Gasteiger partial charge < -0.3 is 14.8 Å². The van der Waals surface area contributed by atoms with Crippen molar-refractivity contribution in [2.24, 2.45) is 0 Å². The lowest BCUT2D eigenvalue weighted by molar-refractivity contribution is -0.138. The number of hydrogen-bond acceptors (Lipinski definition) is 5. The Labute approximate surface area is 105 Å². The molecule has 1 N–H and O–H groups in total. The van der Waals surface area contributed by atoms with Gasteiger partial charge >= 0.3 is 11.9 Å². The zero-order chi connectivity index (χ0) is 13.5. The molecule has 96 valence electrons. The van der Waals surface area contributed by atoms with E-state index < -0.39 is 11.9 Å². The van der Waals surface area contributed by atoms with Gasteiger partial charge in [-0.15, -0.1) is 0 Å². The highest BCUT2D eigenvalue weighted by Gasteiger charge is 2.12. The highest BCUT2D eigenvalue weighted by atomic mass is 16.5. The van der Waals surface area contributed by atoms with Crippen molar-refractivity contribution >= 4 is 17.6 Å². The fourth-order valence-electron chi connectivity index (χ4n) is 1.23. The van der Waals surface area contributed by atoms with Crippen molar-refractivity contribution in [3.05, 3.63) is 41.6 Å². The summed E-state index contributed by atoms with van der Waals surface area (Å²) < 4.78 is 9.05. The van der Waals surface area contributed by atoms with Crippen LogP contribution >= 0.6 is 0 Å². The minimum Gasteiger partial charge on any atom is -0.466 e. The van der Waals surface area contributed by atoms with Gasteiger partial charge in [0.1, 0.15) is 5.70 Å². The second-order valence-corrected chi connectivity index (χ2v) is 3.56. The first-order valence-corrected chi connectivity index (χ1v) is 5.28. The summed E-state index contributed by atoms with van der Waals surface area (Å²) in [5, 5.41) is 2.81. The first kappa shape index (κ1) is 13.8. The molecule has 0 fully saturated rings. The van der Waals surface area contributed by atoms with E-state index in [1.165, 1.54) is 14.2 Å². The normalized spacial score (nSPS) is 10.7. The van der Waals surface area contributed by atoms with Crippen LogP contribution in [0.3, 0.4) is 0 Å². The molecule has 0 aliphatic heterocycles. The Morgan fingerprint density at radius 1 is 1.11 bits per heavy atom. The van der Waals surface area contributed by atoms with Crippen molar-refractivity contribution in [3.8, 4) is 0 Å². The first-order chi connectivity index (χ1) is 8.56. The van der Waals surface area contributed by atoms with Gasteiger partial charge in [-0.1, -0.05) is 17.7 Å². The van der Waals surface area contributed by atoms with Crippen LogP contribution < -0.4 is 5.32 Å². The lowest BCUT2D eigenvalue weighted by atomic mass is 10.2. The summed E-state index contributed by atoms with van der Waals surface area (Å²) >= 11 is 0. The van der Waals surface area contributed by atoms with E-state index in [-0.39, 0.29) is 5.70 Å². The number of anilines is 1. The number of carbonyl (C=O) groups excluding carboxylic acids is 2. The smallest absolute Gasteiger partial charge is 0.354 e. The van der Waals surface area contributed by atoms with E-state index in [4.69, 9.17) is 0 Å². The zero-order valence-corrected chi connectivity index (χ0v) is 10.5. The molecule has 0 aromatic heterocycles. The fraction of sp³-hybridized carbons (Fsp3) is 0.231. The van der Waals surface area contributed by atoms with Gasteiger partial charge in [-0.2, -0.15) is 0 Å². The second kappa shape index (κ2) is 6.44. The maximum absolute atomic E-state index is 11.5. The van der Waals surface area contributed by atoms with E-state index >= 15 is 0 Å². The Hall–Kier alpha value is -2.30. The van der Waals surface area contributed by atoms with Crippen molar-refractivity contribution in [1.29, 1.82) is 0 Å². The minimum atomic E-state index is -0.638. The number of hydrogen-bond donors (Lipinski definition) is 1. The van der Waals surface area contributed by atoms with E-state index in [2.05, 4.69) is 14.8 Å². The van der Waals surface area contributed by atoms with Crippen molar-refractivity contribution in [2.45, 2.75) is 6.92 Å². The molecule has 0 atom stereocenters. The van der Waals surface area contributed by atoms with E-state index in [1.807, 2.05) is 19.1 Å². The number of esters is 2. The molecule has 0 saturated heterocycles. The van der Waals surface area contributed by atoms with Crippen LogP contribution in [-0.2, 0) is 19.1 Å². The van der Waals surface area contributed by atoms with Crippen LogP contribution in [0.15, 0.2) is 36.0 Å². The highest BCUT2D eigenvalue weighted by Crippen LogP contribution is 2.12. The molecular weight excluding hydrogens is 234 g/mol. The molecule has 1 rings (SSSR count). The second-order valence-electron chi connectivity index (χ2n) is 3.56. The third-order valence-corrected chi connectivity index (χ3v) is 2.20.